The smallest absolute Gasteiger partial charge is 0.123 e. The molecule has 0 aliphatic heterocycles. The summed E-state index contributed by atoms with van der Waals surface area (Å²) in [5.74, 6) is 1.05. The monoisotopic (exact) mass is 781 g/mol. The van der Waals surface area contributed by atoms with Gasteiger partial charge < -0.3 is 15.3 Å². The Hall–Kier alpha value is -4.50. The fraction of sp³-hybridized carbons (Fsp3) is 0.455. The second-order valence-corrected chi connectivity index (χ2v) is 22.9. The van der Waals surface area contributed by atoms with E-state index in [9.17, 15) is 15.3 Å². The number of hydrogen-bond donors (Lipinski definition) is 3. The largest absolute Gasteiger partial charge is 0.507 e. The van der Waals surface area contributed by atoms with Gasteiger partial charge in [-0.1, -0.05) is 167 Å². The highest BCUT2D eigenvalue weighted by Crippen LogP contribution is 2.52. The lowest BCUT2D eigenvalue weighted by molar-refractivity contribution is 0.422. The summed E-state index contributed by atoms with van der Waals surface area (Å²) in [6.07, 6.45) is 0.701. The van der Waals surface area contributed by atoms with Crippen LogP contribution < -0.4 is 0 Å². The Morgan fingerprint density at radius 2 is 0.638 bits per heavy atom. The summed E-state index contributed by atoms with van der Waals surface area (Å²) in [5, 5.41) is 36.0. The molecule has 5 aromatic rings. The van der Waals surface area contributed by atoms with Gasteiger partial charge in [-0.05, 0) is 120 Å². The van der Waals surface area contributed by atoms with Crippen LogP contribution in [0.15, 0.2) is 78.9 Å². The lowest BCUT2D eigenvalue weighted by Gasteiger charge is -2.32. The average Bonchev–Trinajstić information content (AvgIpc) is 3.06. The minimum Gasteiger partial charge on any atom is -0.507 e. The van der Waals surface area contributed by atoms with Crippen molar-refractivity contribution in [3.8, 4) is 50.6 Å². The van der Waals surface area contributed by atoms with Crippen LogP contribution in [0.4, 0.5) is 0 Å². The lowest BCUT2D eigenvalue weighted by Crippen LogP contribution is -2.18. The van der Waals surface area contributed by atoms with Crippen LogP contribution in [0.3, 0.4) is 0 Å². The fourth-order valence-corrected chi connectivity index (χ4v) is 8.26. The maximum absolute atomic E-state index is 12.1. The third kappa shape index (κ3) is 9.05. The Kier molecular flexibility index (Phi) is 11.5. The first-order valence-corrected chi connectivity index (χ1v) is 21.2. The molecular formula is C55H72O3. The van der Waals surface area contributed by atoms with Gasteiger partial charge >= 0.3 is 0 Å². The Balaban J connectivity index is 2.15. The van der Waals surface area contributed by atoms with E-state index in [0.717, 1.165) is 66.8 Å². The van der Waals surface area contributed by atoms with Crippen LogP contribution >= 0.6 is 0 Å². The standard InChI is InChI=1S/C55H72O3/c1-50(2,3)39-27-35(28-40(47(39)56)51(4,5)6)38-25-24-34(26-33-22-20-19-21-23-33)45(36-29-41(52(7,8)9)48(57)42(30-36)53(10,11)12)46(38)37-31-43(54(13,14)15)49(58)44(32-37)55(16,17)18/h19-25,27-32,56-58H,26H2,1-18H3. The Labute approximate surface area is 351 Å². The first-order valence-electron chi connectivity index (χ1n) is 21.2. The number of aromatic hydroxyl groups is 3. The molecule has 0 saturated carbocycles. The molecule has 0 amide bonds. The van der Waals surface area contributed by atoms with Crippen LogP contribution in [0.2, 0.25) is 0 Å². The van der Waals surface area contributed by atoms with E-state index in [1.54, 1.807) is 0 Å². The van der Waals surface area contributed by atoms with E-state index in [1.165, 1.54) is 11.1 Å². The molecule has 0 bridgehead atoms. The van der Waals surface area contributed by atoms with Gasteiger partial charge in [0.2, 0.25) is 0 Å². The van der Waals surface area contributed by atoms with Gasteiger partial charge in [-0.15, -0.1) is 0 Å². The van der Waals surface area contributed by atoms with Gasteiger partial charge in [0.25, 0.3) is 0 Å². The predicted octanol–water partition coefficient (Wildman–Crippen LogP) is 15.2. The highest BCUT2D eigenvalue weighted by Gasteiger charge is 2.33. The molecule has 0 fully saturated rings. The highest BCUT2D eigenvalue weighted by atomic mass is 16.3. The van der Waals surface area contributed by atoms with E-state index in [1.807, 2.05) is 0 Å². The molecule has 0 heterocycles. The van der Waals surface area contributed by atoms with Crippen LogP contribution in [-0.2, 0) is 38.9 Å². The number of benzene rings is 5. The molecule has 0 aromatic heterocycles. The summed E-state index contributed by atoms with van der Waals surface area (Å²) < 4.78 is 0. The van der Waals surface area contributed by atoms with Crippen molar-refractivity contribution in [3.05, 3.63) is 123 Å². The van der Waals surface area contributed by atoms with Crippen LogP contribution in [0.5, 0.6) is 17.2 Å². The van der Waals surface area contributed by atoms with Gasteiger partial charge in [-0.25, -0.2) is 0 Å². The first kappa shape index (κ1) is 44.6. The van der Waals surface area contributed by atoms with E-state index in [0.29, 0.717) is 23.7 Å². The molecular weight excluding hydrogens is 709 g/mol. The summed E-state index contributed by atoms with van der Waals surface area (Å²) in [5.41, 5.74) is 12.1. The van der Waals surface area contributed by atoms with Gasteiger partial charge in [0.05, 0.1) is 0 Å². The van der Waals surface area contributed by atoms with Crippen LogP contribution in [0.25, 0.3) is 33.4 Å². The minimum atomic E-state index is -0.350. The summed E-state index contributed by atoms with van der Waals surface area (Å²) in [6, 6.07) is 28.5. The zero-order chi connectivity index (χ0) is 43.7. The zero-order valence-electron chi connectivity index (χ0n) is 39.1. The van der Waals surface area contributed by atoms with Gasteiger partial charge in [0.15, 0.2) is 0 Å². The summed E-state index contributed by atoms with van der Waals surface area (Å²) >= 11 is 0. The SMILES string of the molecule is CC(C)(C)c1cc(-c2ccc(Cc3ccccc3)c(-c3cc(C(C)(C)C)c(O)c(C(C)(C)C)c3)c2-c2cc(C(C)(C)C)c(O)c(C(C)(C)C)c2)cc(C(C)(C)C)c1O. The van der Waals surface area contributed by atoms with Crippen molar-refractivity contribution in [3.63, 3.8) is 0 Å². The molecule has 5 rings (SSSR count). The maximum atomic E-state index is 12.1. The molecule has 0 spiro atoms. The van der Waals surface area contributed by atoms with Gasteiger partial charge in [0, 0.05) is 33.4 Å². The number of rotatable bonds is 5. The molecule has 5 aromatic carbocycles. The van der Waals surface area contributed by atoms with Crippen molar-refractivity contribution >= 4 is 0 Å². The third-order valence-corrected chi connectivity index (χ3v) is 11.6. The second kappa shape index (κ2) is 15.0. The fourth-order valence-electron chi connectivity index (χ4n) is 8.26. The number of hydrogen-bond acceptors (Lipinski definition) is 3. The molecule has 0 saturated heterocycles. The molecule has 3 nitrogen and oxygen atoms in total. The minimum absolute atomic E-state index is 0.326. The molecule has 0 atom stereocenters. The number of phenolic OH excluding ortho intramolecular Hbond substituents is 3. The Bertz CT molecular complexity index is 2210. The summed E-state index contributed by atoms with van der Waals surface area (Å²) in [7, 11) is 0. The number of phenols is 3. The van der Waals surface area contributed by atoms with Crippen LogP contribution in [-0.4, -0.2) is 15.3 Å². The van der Waals surface area contributed by atoms with Crippen LogP contribution in [0.1, 0.15) is 169 Å². The first-order chi connectivity index (χ1) is 26.3. The molecule has 3 N–H and O–H groups in total. The van der Waals surface area contributed by atoms with Crippen molar-refractivity contribution in [1.29, 1.82) is 0 Å². The van der Waals surface area contributed by atoms with Gasteiger partial charge in [0.1, 0.15) is 17.2 Å². The van der Waals surface area contributed by atoms with E-state index in [2.05, 4.69) is 203 Å². The van der Waals surface area contributed by atoms with E-state index < -0.39 is 0 Å². The van der Waals surface area contributed by atoms with E-state index >= 15 is 0 Å². The van der Waals surface area contributed by atoms with Crippen molar-refractivity contribution in [2.75, 3.05) is 0 Å². The quantitative estimate of drug-likeness (QED) is 0.166. The van der Waals surface area contributed by atoms with Crippen molar-refractivity contribution < 1.29 is 15.3 Å². The summed E-state index contributed by atoms with van der Waals surface area (Å²) in [6.45, 7) is 39.0. The second-order valence-electron chi connectivity index (χ2n) is 22.9. The van der Waals surface area contributed by atoms with Gasteiger partial charge in [-0.2, -0.15) is 0 Å². The zero-order valence-corrected chi connectivity index (χ0v) is 39.1. The average molecular weight is 781 g/mol. The normalized spacial score (nSPS) is 13.3. The molecule has 0 unspecified atom stereocenters. The van der Waals surface area contributed by atoms with Crippen molar-refractivity contribution in [1.82, 2.24) is 0 Å². The topological polar surface area (TPSA) is 60.7 Å². The molecule has 310 valence electrons. The van der Waals surface area contributed by atoms with Crippen molar-refractivity contribution in [2.45, 2.75) is 164 Å². The molecule has 0 aliphatic carbocycles. The maximum Gasteiger partial charge on any atom is 0.123 e. The highest BCUT2D eigenvalue weighted by molar-refractivity contribution is 5.98. The predicted molar refractivity (Wildman–Crippen MR) is 249 cm³/mol. The van der Waals surface area contributed by atoms with Crippen molar-refractivity contribution in [2.24, 2.45) is 0 Å². The van der Waals surface area contributed by atoms with E-state index in [-0.39, 0.29) is 32.5 Å². The van der Waals surface area contributed by atoms with Gasteiger partial charge in [-0.3, -0.25) is 0 Å². The van der Waals surface area contributed by atoms with Crippen LogP contribution in [0, 0.1) is 0 Å². The lowest BCUT2D eigenvalue weighted by atomic mass is 9.73. The molecule has 0 aliphatic rings. The Morgan fingerprint density at radius 1 is 0.345 bits per heavy atom. The third-order valence-electron chi connectivity index (χ3n) is 11.6. The molecule has 3 heteroatoms. The molecule has 0 radical (unpaired) electrons. The summed E-state index contributed by atoms with van der Waals surface area (Å²) in [4.78, 5) is 0. The molecule has 58 heavy (non-hydrogen) atoms. The Morgan fingerprint density at radius 3 is 0.948 bits per heavy atom. The van der Waals surface area contributed by atoms with E-state index in [4.69, 9.17) is 0 Å².